The highest BCUT2D eigenvalue weighted by molar-refractivity contribution is 7.80. The van der Waals surface area contributed by atoms with Gasteiger partial charge in [-0.1, -0.05) is 13.3 Å². The van der Waals surface area contributed by atoms with Gasteiger partial charge in [-0.3, -0.25) is 0 Å². The Morgan fingerprint density at radius 2 is 1.92 bits per heavy atom. The molecule has 0 aliphatic carbocycles. The van der Waals surface area contributed by atoms with Crippen LogP contribution >= 0.6 is 12.6 Å². The minimum absolute atomic E-state index is 0.848. The van der Waals surface area contributed by atoms with Crippen LogP contribution in [0.1, 0.15) is 26.2 Å². The highest BCUT2D eigenvalue weighted by Gasteiger charge is 2.00. The molecule has 0 aliphatic heterocycles. The number of unbranched alkanes of at least 4 members (excludes halogenated alkanes) is 2. The van der Waals surface area contributed by atoms with E-state index in [2.05, 4.69) is 24.5 Å². The lowest BCUT2D eigenvalue weighted by molar-refractivity contribution is 0.149. The summed E-state index contributed by atoms with van der Waals surface area (Å²) in [6, 6.07) is 0. The predicted molar refractivity (Wildman–Crippen MR) is 61.7 cm³/mol. The lowest BCUT2D eigenvalue weighted by Crippen LogP contribution is -2.28. The van der Waals surface area contributed by atoms with Gasteiger partial charge in [0.2, 0.25) is 0 Å². The van der Waals surface area contributed by atoms with Crippen LogP contribution < -0.4 is 0 Å². The van der Waals surface area contributed by atoms with Crippen molar-refractivity contribution in [2.45, 2.75) is 26.2 Å². The van der Waals surface area contributed by atoms with E-state index in [1.54, 1.807) is 7.11 Å². The second-order valence-electron chi connectivity index (χ2n) is 3.21. The maximum Gasteiger partial charge on any atom is 0.0589 e. The molecule has 0 aromatic carbocycles. The lowest BCUT2D eigenvalue weighted by Gasteiger charge is -2.19. The molecular weight excluding hydrogens is 182 g/mol. The van der Waals surface area contributed by atoms with Crippen LogP contribution in [0.4, 0.5) is 0 Å². The van der Waals surface area contributed by atoms with Crippen molar-refractivity contribution in [1.82, 2.24) is 4.90 Å². The fourth-order valence-corrected chi connectivity index (χ4v) is 1.50. The van der Waals surface area contributed by atoms with E-state index in [0.717, 1.165) is 25.4 Å². The maximum atomic E-state index is 5.05. The Labute approximate surface area is 88.1 Å². The number of likely N-dealkylation sites (N-methyl/N-ethyl adjacent to an activating group) is 1. The molecule has 13 heavy (non-hydrogen) atoms. The fourth-order valence-electron chi connectivity index (χ4n) is 1.27. The molecule has 3 heteroatoms. The second-order valence-corrected chi connectivity index (χ2v) is 3.66. The summed E-state index contributed by atoms with van der Waals surface area (Å²) in [5.41, 5.74) is 0. The van der Waals surface area contributed by atoms with Gasteiger partial charge in [0, 0.05) is 13.7 Å². The molecule has 0 bridgehead atoms. The molecule has 0 heterocycles. The topological polar surface area (TPSA) is 12.5 Å². The van der Waals surface area contributed by atoms with Crippen LogP contribution in [0.5, 0.6) is 0 Å². The maximum absolute atomic E-state index is 5.05. The zero-order valence-electron chi connectivity index (χ0n) is 8.96. The molecule has 0 atom stereocenters. The van der Waals surface area contributed by atoms with Crippen molar-refractivity contribution >= 4 is 12.6 Å². The van der Waals surface area contributed by atoms with Gasteiger partial charge in [-0.15, -0.1) is 0 Å². The van der Waals surface area contributed by atoms with Gasteiger partial charge >= 0.3 is 0 Å². The molecule has 2 nitrogen and oxygen atoms in total. The summed E-state index contributed by atoms with van der Waals surface area (Å²) in [5.74, 6) is 1.02. The Hall–Kier alpha value is 0.270. The van der Waals surface area contributed by atoms with Gasteiger partial charge in [-0.05, 0) is 31.7 Å². The highest BCUT2D eigenvalue weighted by atomic mass is 32.1. The number of hydrogen-bond donors (Lipinski definition) is 1. The van der Waals surface area contributed by atoms with E-state index in [4.69, 9.17) is 4.74 Å². The van der Waals surface area contributed by atoms with E-state index >= 15 is 0 Å². The molecule has 0 saturated heterocycles. The van der Waals surface area contributed by atoms with Crippen molar-refractivity contribution in [2.75, 3.05) is 39.1 Å². The van der Waals surface area contributed by atoms with Crippen LogP contribution in [-0.4, -0.2) is 44.0 Å². The summed E-state index contributed by atoms with van der Waals surface area (Å²) in [6.07, 6.45) is 3.83. The largest absolute Gasteiger partial charge is 0.383 e. The predicted octanol–water partition coefficient (Wildman–Crippen LogP) is 2.05. The number of thiol groups is 1. The molecule has 0 N–H and O–H groups in total. The van der Waals surface area contributed by atoms with E-state index < -0.39 is 0 Å². The van der Waals surface area contributed by atoms with E-state index in [0.29, 0.717) is 0 Å². The smallest absolute Gasteiger partial charge is 0.0589 e. The third-order valence-corrected chi connectivity index (χ3v) is 2.51. The van der Waals surface area contributed by atoms with Crippen molar-refractivity contribution in [3.8, 4) is 0 Å². The van der Waals surface area contributed by atoms with Crippen LogP contribution in [-0.2, 0) is 4.74 Å². The number of hydrogen-bond acceptors (Lipinski definition) is 3. The van der Waals surface area contributed by atoms with Crippen molar-refractivity contribution in [3.05, 3.63) is 0 Å². The van der Waals surface area contributed by atoms with Gasteiger partial charge in [0.25, 0.3) is 0 Å². The summed E-state index contributed by atoms with van der Waals surface area (Å²) < 4.78 is 5.05. The van der Waals surface area contributed by atoms with Gasteiger partial charge < -0.3 is 9.64 Å². The third-order valence-electron chi connectivity index (χ3n) is 2.19. The van der Waals surface area contributed by atoms with Crippen molar-refractivity contribution in [2.24, 2.45) is 0 Å². The van der Waals surface area contributed by atoms with Gasteiger partial charge in [0.1, 0.15) is 0 Å². The molecule has 80 valence electrons. The average Bonchev–Trinajstić information content (AvgIpc) is 2.17. The summed E-state index contributed by atoms with van der Waals surface area (Å²) in [7, 11) is 1.76. The fraction of sp³-hybridized carbons (Fsp3) is 1.00. The molecule has 0 fully saturated rings. The summed E-state index contributed by atoms with van der Waals surface area (Å²) in [6.45, 7) is 6.44. The standard InChI is InChI=1S/C10H23NOS/c1-3-11(8-9-12-2)7-5-4-6-10-13/h13H,3-10H2,1-2H3. The van der Waals surface area contributed by atoms with Crippen molar-refractivity contribution in [3.63, 3.8) is 0 Å². The second kappa shape index (κ2) is 10.4. The van der Waals surface area contributed by atoms with Gasteiger partial charge in [-0.25, -0.2) is 0 Å². The van der Waals surface area contributed by atoms with E-state index in [9.17, 15) is 0 Å². The normalized spacial score (nSPS) is 11.1. The molecule has 0 aromatic rings. The Bertz CT molecular complexity index is 101. The highest BCUT2D eigenvalue weighted by Crippen LogP contribution is 1.99. The minimum atomic E-state index is 0.848. The van der Waals surface area contributed by atoms with Gasteiger partial charge in [-0.2, -0.15) is 12.6 Å². The van der Waals surface area contributed by atoms with Gasteiger partial charge in [0.15, 0.2) is 0 Å². The average molecular weight is 205 g/mol. The first-order valence-electron chi connectivity index (χ1n) is 5.17. The van der Waals surface area contributed by atoms with Crippen LogP contribution in [0, 0.1) is 0 Å². The third kappa shape index (κ3) is 8.60. The first-order chi connectivity index (χ1) is 6.35. The first kappa shape index (κ1) is 13.3. The zero-order valence-corrected chi connectivity index (χ0v) is 9.85. The Balaban J connectivity index is 3.25. The number of methoxy groups -OCH3 is 1. The molecule has 0 radical (unpaired) electrons. The molecule has 0 spiro atoms. The number of rotatable bonds is 9. The molecule has 0 saturated carbocycles. The molecule has 0 rings (SSSR count). The molecule has 0 aromatic heterocycles. The van der Waals surface area contributed by atoms with Crippen LogP contribution in [0.3, 0.4) is 0 Å². The SMILES string of the molecule is CCN(CCCCCS)CCOC. The number of nitrogens with zero attached hydrogens (tertiary/aromatic N) is 1. The van der Waals surface area contributed by atoms with Crippen LogP contribution in [0.25, 0.3) is 0 Å². The quantitative estimate of drug-likeness (QED) is 0.457. The van der Waals surface area contributed by atoms with E-state index in [1.807, 2.05) is 0 Å². The Morgan fingerprint density at radius 3 is 2.46 bits per heavy atom. The van der Waals surface area contributed by atoms with Crippen LogP contribution in [0.15, 0.2) is 0 Å². The summed E-state index contributed by atoms with van der Waals surface area (Å²) in [5, 5.41) is 0. The van der Waals surface area contributed by atoms with E-state index in [1.165, 1.54) is 25.8 Å². The lowest BCUT2D eigenvalue weighted by atomic mass is 10.2. The Kier molecular flexibility index (Phi) is 10.6. The molecule has 0 unspecified atom stereocenters. The van der Waals surface area contributed by atoms with Crippen molar-refractivity contribution in [1.29, 1.82) is 0 Å². The van der Waals surface area contributed by atoms with Gasteiger partial charge in [0.05, 0.1) is 6.61 Å². The van der Waals surface area contributed by atoms with Crippen molar-refractivity contribution < 1.29 is 4.74 Å². The van der Waals surface area contributed by atoms with Crippen LogP contribution in [0.2, 0.25) is 0 Å². The Morgan fingerprint density at radius 1 is 1.15 bits per heavy atom. The zero-order chi connectivity index (χ0) is 9.94. The molecular formula is C10H23NOS. The van der Waals surface area contributed by atoms with E-state index in [-0.39, 0.29) is 0 Å². The minimum Gasteiger partial charge on any atom is -0.383 e. The molecule has 0 aliphatic rings. The molecule has 0 amide bonds. The number of ether oxygens (including phenoxy) is 1. The monoisotopic (exact) mass is 205 g/mol. The summed E-state index contributed by atoms with van der Waals surface area (Å²) in [4.78, 5) is 2.43. The summed E-state index contributed by atoms with van der Waals surface area (Å²) >= 11 is 4.19. The first-order valence-corrected chi connectivity index (χ1v) is 5.80.